The van der Waals surface area contributed by atoms with Crippen molar-refractivity contribution in [3.63, 3.8) is 0 Å². The van der Waals surface area contributed by atoms with Crippen molar-refractivity contribution in [2.45, 2.75) is 20.4 Å². The first-order valence-electron chi connectivity index (χ1n) is 11.2. The Kier molecular flexibility index (Phi) is 7.17. The van der Waals surface area contributed by atoms with Gasteiger partial charge in [0.1, 0.15) is 5.82 Å². The van der Waals surface area contributed by atoms with Gasteiger partial charge in [0.25, 0.3) is 0 Å². The lowest BCUT2D eigenvalue weighted by Crippen LogP contribution is -2.44. The fraction of sp³-hybridized carbons (Fsp3) is 0.346. The summed E-state index contributed by atoms with van der Waals surface area (Å²) in [5, 5.41) is 0.631. The van der Waals surface area contributed by atoms with Gasteiger partial charge in [-0.3, -0.25) is 4.90 Å². The molecule has 7 heteroatoms. The highest BCUT2D eigenvalue weighted by Crippen LogP contribution is 2.37. The van der Waals surface area contributed by atoms with Gasteiger partial charge < -0.3 is 14.2 Å². The molecule has 3 aromatic rings. The molecule has 0 unspecified atom stereocenters. The quantitative estimate of drug-likeness (QED) is 0.467. The van der Waals surface area contributed by atoms with Crippen molar-refractivity contribution >= 4 is 17.6 Å². The predicted octanol–water partition coefficient (Wildman–Crippen LogP) is 5.17. The van der Waals surface area contributed by atoms with Crippen molar-refractivity contribution in [3.05, 3.63) is 76.3 Å². The molecule has 0 amide bonds. The minimum absolute atomic E-state index is 0.286. The normalized spacial score (nSPS) is 15.1. The average molecular weight is 470 g/mol. The van der Waals surface area contributed by atoms with Crippen LogP contribution in [-0.4, -0.2) is 60.2 Å². The molecule has 0 saturated carbocycles. The third kappa shape index (κ3) is 4.98. The molecule has 1 aromatic heterocycles. The SMILES string of the molecule is CCOC(=O)c1c(-c2ccc(Cl)cc2)c(CN2CCN(C)CC2)n(-c2ccc(F)cc2)c1C. The molecule has 0 radical (unpaired) electrons. The second-order valence-electron chi connectivity index (χ2n) is 8.40. The number of ether oxygens (including phenoxy) is 1. The second kappa shape index (κ2) is 10.1. The van der Waals surface area contributed by atoms with Crippen LogP contribution in [-0.2, 0) is 11.3 Å². The van der Waals surface area contributed by atoms with E-state index < -0.39 is 0 Å². The standard InChI is InChI=1S/C26H29ClFN3O2/c1-4-33-26(32)24-18(2)31(22-11-9-21(28)10-12-22)23(17-30-15-13-29(3)14-16-30)25(24)19-5-7-20(27)8-6-19/h5-12H,4,13-17H2,1-3H3. The van der Waals surface area contributed by atoms with E-state index in [1.165, 1.54) is 12.1 Å². The molecular weight excluding hydrogens is 441 g/mol. The van der Waals surface area contributed by atoms with Gasteiger partial charge in [0, 0.05) is 60.4 Å². The van der Waals surface area contributed by atoms with E-state index in [1.54, 1.807) is 19.1 Å². The Balaban J connectivity index is 1.94. The lowest BCUT2D eigenvalue weighted by Gasteiger charge is -2.33. The zero-order valence-corrected chi connectivity index (χ0v) is 20.0. The number of halogens is 2. The second-order valence-corrected chi connectivity index (χ2v) is 8.84. The smallest absolute Gasteiger partial charge is 0.340 e. The molecule has 0 N–H and O–H groups in total. The van der Waals surface area contributed by atoms with Gasteiger partial charge in [-0.25, -0.2) is 9.18 Å². The molecule has 33 heavy (non-hydrogen) atoms. The zero-order chi connectivity index (χ0) is 23.5. The van der Waals surface area contributed by atoms with Crippen LogP contribution in [0, 0.1) is 12.7 Å². The molecule has 1 aliphatic heterocycles. The van der Waals surface area contributed by atoms with Crippen LogP contribution in [0.2, 0.25) is 5.02 Å². The maximum absolute atomic E-state index is 13.7. The zero-order valence-electron chi connectivity index (χ0n) is 19.3. The van der Waals surface area contributed by atoms with E-state index in [9.17, 15) is 9.18 Å². The molecule has 2 aromatic carbocycles. The van der Waals surface area contributed by atoms with Gasteiger partial charge in [0.05, 0.1) is 12.2 Å². The Hall–Kier alpha value is -2.67. The lowest BCUT2D eigenvalue weighted by molar-refractivity contribution is 0.0526. The summed E-state index contributed by atoms with van der Waals surface area (Å²) in [4.78, 5) is 17.9. The Labute approximate surface area is 199 Å². The summed E-state index contributed by atoms with van der Waals surface area (Å²) in [6.45, 7) is 8.49. The molecule has 0 spiro atoms. The van der Waals surface area contributed by atoms with E-state index in [0.717, 1.165) is 54.4 Å². The molecule has 1 fully saturated rings. The number of hydrogen-bond donors (Lipinski definition) is 0. The summed E-state index contributed by atoms with van der Waals surface area (Å²) in [6, 6.07) is 13.9. The highest BCUT2D eigenvalue weighted by Gasteiger charge is 2.29. The molecular formula is C26H29ClFN3O2. The number of rotatable bonds is 6. The first-order valence-corrected chi connectivity index (χ1v) is 11.6. The van der Waals surface area contributed by atoms with Gasteiger partial charge in [-0.15, -0.1) is 0 Å². The number of benzene rings is 2. The Morgan fingerprint density at radius 2 is 1.67 bits per heavy atom. The van der Waals surface area contributed by atoms with Crippen molar-refractivity contribution in [1.29, 1.82) is 0 Å². The maximum Gasteiger partial charge on any atom is 0.340 e. The molecule has 5 nitrogen and oxygen atoms in total. The number of carbonyl (C=O) groups is 1. The summed E-state index contributed by atoms with van der Waals surface area (Å²) in [5.41, 5.74) is 4.83. The van der Waals surface area contributed by atoms with Gasteiger partial charge in [-0.05, 0) is 62.9 Å². The Morgan fingerprint density at radius 3 is 2.27 bits per heavy atom. The number of piperazine rings is 1. The van der Waals surface area contributed by atoms with Crippen LogP contribution in [0.4, 0.5) is 4.39 Å². The number of esters is 1. The third-order valence-corrected chi connectivity index (χ3v) is 6.42. The lowest BCUT2D eigenvalue weighted by atomic mass is 9.99. The fourth-order valence-electron chi connectivity index (χ4n) is 4.44. The minimum atomic E-state index is -0.361. The molecule has 0 bridgehead atoms. The molecule has 2 heterocycles. The number of aromatic nitrogens is 1. The monoisotopic (exact) mass is 469 g/mol. The Bertz CT molecular complexity index is 1120. The number of nitrogens with zero attached hydrogens (tertiary/aromatic N) is 3. The average Bonchev–Trinajstić information content (AvgIpc) is 3.08. The van der Waals surface area contributed by atoms with Crippen LogP contribution >= 0.6 is 11.6 Å². The van der Waals surface area contributed by atoms with Crippen molar-refractivity contribution in [3.8, 4) is 16.8 Å². The van der Waals surface area contributed by atoms with Gasteiger partial charge in [-0.1, -0.05) is 23.7 Å². The summed E-state index contributed by atoms with van der Waals surface area (Å²) in [5.74, 6) is -0.659. The van der Waals surface area contributed by atoms with Crippen LogP contribution in [0.3, 0.4) is 0 Å². The third-order valence-electron chi connectivity index (χ3n) is 6.17. The van der Waals surface area contributed by atoms with Gasteiger partial charge in [-0.2, -0.15) is 0 Å². The summed E-state index contributed by atoms with van der Waals surface area (Å²) in [6.07, 6.45) is 0. The minimum Gasteiger partial charge on any atom is -0.462 e. The van der Waals surface area contributed by atoms with Crippen LogP contribution in [0.15, 0.2) is 48.5 Å². The molecule has 0 atom stereocenters. The first-order chi connectivity index (χ1) is 15.9. The van der Waals surface area contributed by atoms with E-state index in [0.29, 0.717) is 17.1 Å². The van der Waals surface area contributed by atoms with E-state index >= 15 is 0 Å². The van der Waals surface area contributed by atoms with Gasteiger partial charge in [0.15, 0.2) is 0 Å². The van der Waals surface area contributed by atoms with Crippen molar-refractivity contribution in [2.75, 3.05) is 39.8 Å². The maximum atomic E-state index is 13.7. The molecule has 1 saturated heterocycles. The van der Waals surface area contributed by atoms with Crippen LogP contribution in [0.25, 0.3) is 16.8 Å². The van der Waals surface area contributed by atoms with E-state index in [-0.39, 0.29) is 18.4 Å². The fourth-order valence-corrected chi connectivity index (χ4v) is 4.56. The van der Waals surface area contributed by atoms with Crippen molar-refractivity contribution < 1.29 is 13.9 Å². The van der Waals surface area contributed by atoms with Crippen LogP contribution < -0.4 is 0 Å². The largest absolute Gasteiger partial charge is 0.462 e. The van der Waals surface area contributed by atoms with E-state index in [4.69, 9.17) is 16.3 Å². The predicted molar refractivity (Wildman–Crippen MR) is 130 cm³/mol. The summed E-state index contributed by atoms with van der Waals surface area (Å²) < 4.78 is 21.2. The topological polar surface area (TPSA) is 37.7 Å². The van der Waals surface area contributed by atoms with E-state index in [2.05, 4.69) is 21.4 Å². The van der Waals surface area contributed by atoms with Gasteiger partial charge >= 0.3 is 5.97 Å². The highest BCUT2D eigenvalue weighted by atomic mass is 35.5. The Morgan fingerprint density at radius 1 is 1.03 bits per heavy atom. The molecule has 4 rings (SSSR count). The van der Waals surface area contributed by atoms with Crippen molar-refractivity contribution in [2.24, 2.45) is 0 Å². The number of hydrogen-bond acceptors (Lipinski definition) is 4. The number of likely N-dealkylation sites (N-methyl/N-ethyl adjacent to an activating group) is 1. The van der Waals surface area contributed by atoms with Crippen LogP contribution in [0.1, 0.15) is 28.7 Å². The molecule has 1 aliphatic rings. The first kappa shape index (κ1) is 23.5. The van der Waals surface area contributed by atoms with Crippen molar-refractivity contribution in [1.82, 2.24) is 14.4 Å². The van der Waals surface area contributed by atoms with E-state index in [1.807, 2.05) is 31.2 Å². The molecule has 174 valence electrons. The number of carbonyl (C=O) groups excluding carboxylic acids is 1. The summed E-state index contributed by atoms with van der Waals surface area (Å²) >= 11 is 6.16. The van der Waals surface area contributed by atoms with Crippen LogP contribution in [0.5, 0.6) is 0 Å². The molecule has 0 aliphatic carbocycles. The summed E-state index contributed by atoms with van der Waals surface area (Å²) in [7, 11) is 2.13. The highest BCUT2D eigenvalue weighted by molar-refractivity contribution is 6.30. The van der Waals surface area contributed by atoms with Gasteiger partial charge in [0.2, 0.25) is 0 Å².